The minimum absolute atomic E-state index is 0.0449. The Hall–Kier alpha value is -4.46. The van der Waals surface area contributed by atoms with Crippen LogP contribution in [0.2, 0.25) is 0 Å². The summed E-state index contributed by atoms with van der Waals surface area (Å²) >= 11 is 0. The molecule has 3 aromatic carbocycles. The van der Waals surface area contributed by atoms with Crippen LogP contribution in [0.5, 0.6) is 11.5 Å². The van der Waals surface area contributed by atoms with Gasteiger partial charge in [0.05, 0.1) is 18.5 Å². The number of nitrogens with one attached hydrogen (secondary N) is 2. The summed E-state index contributed by atoms with van der Waals surface area (Å²) in [5.41, 5.74) is 9.23. The van der Waals surface area contributed by atoms with Gasteiger partial charge in [0.25, 0.3) is 0 Å². The lowest BCUT2D eigenvalue weighted by Crippen LogP contribution is -2.22. The van der Waals surface area contributed by atoms with Crippen molar-refractivity contribution in [3.05, 3.63) is 90.0 Å². The van der Waals surface area contributed by atoms with Crippen molar-refractivity contribution in [3.63, 3.8) is 0 Å². The monoisotopic (exact) mass is 503 g/mol. The van der Waals surface area contributed by atoms with Crippen molar-refractivity contribution in [1.82, 2.24) is 0 Å². The number of methoxy groups -OCH3 is 1. The summed E-state index contributed by atoms with van der Waals surface area (Å²) in [6, 6.07) is 19.3. The fourth-order valence-corrected chi connectivity index (χ4v) is 3.78. The van der Waals surface area contributed by atoms with E-state index in [9.17, 15) is 14.7 Å². The van der Waals surface area contributed by atoms with E-state index in [4.69, 9.17) is 15.2 Å². The first-order valence-corrected chi connectivity index (χ1v) is 12.0. The van der Waals surface area contributed by atoms with Gasteiger partial charge in [-0.25, -0.2) is 4.79 Å². The maximum atomic E-state index is 12.7. The van der Waals surface area contributed by atoms with E-state index in [0.29, 0.717) is 41.2 Å². The number of amides is 2. The van der Waals surface area contributed by atoms with Gasteiger partial charge >= 0.3 is 6.09 Å². The van der Waals surface area contributed by atoms with Crippen LogP contribution in [0, 0.1) is 12.8 Å². The van der Waals surface area contributed by atoms with Crippen molar-refractivity contribution < 1.29 is 24.2 Å². The largest absolute Gasteiger partial charge is 0.504 e. The van der Waals surface area contributed by atoms with Gasteiger partial charge in [-0.3, -0.25) is 10.1 Å². The lowest BCUT2D eigenvalue weighted by molar-refractivity contribution is -0.111. The second-order valence-electron chi connectivity index (χ2n) is 8.78. The van der Waals surface area contributed by atoms with Gasteiger partial charge in [-0.1, -0.05) is 48.9 Å². The van der Waals surface area contributed by atoms with Gasteiger partial charge in [0.15, 0.2) is 11.5 Å². The lowest BCUT2D eigenvalue weighted by atomic mass is 9.92. The highest BCUT2D eigenvalue weighted by atomic mass is 16.6. The maximum absolute atomic E-state index is 12.7. The van der Waals surface area contributed by atoms with Gasteiger partial charge in [-0.05, 0) is 73.7 Å². The number of aryl methyl sites for hydroxylation is 1. The quantitative estimate of drug-likeness (QED) is 0.193. The van der Waals surface area contributed by atoms with Crippen LogP contribution in [-0.4, -0.2) is 24.2 Å². The second kappa shape index (κ2) is 13.0. The fourth-order valence-electron chi connectivity index (χ4n) is 3.78. The molecule has 3 aromatic rings. The number of allylic oxidation sites excluding steroid dienone is 1. The molecule has 0 aromatic heterocycles. The van der Waals surface area contributed by atoms with E-state index < -0.39 is 12.2 Å². The number of hydrogen-bond acceptors (Lipinski definition) is 6. The highest BCUT2D eigenvalue weighted by Crippen LogP contribution is 2.35. The van der Waals surface area contributed by atoms with E-state index >= 15 is 0 Å². The number of nitrogens with two attached hydrogens (primary N) is 1. The Morgan fingerprint density at radius 1 is 1.05 bits per heavy atom. The molecule has 0 saturated heterocycles. The first-order chi connectivity index (χ1) is 17.8. The number of hydrogen-bond donors (Lipinski definition) is 4. The molecule has 5 N–H and O–H groups in total. The van der Waals surface area contributed by atoms with Gasteiger partial charge in [-0.2, -0.15) is 0 Å². The van der Waals surface area contributed by atoms with Crippen LogP contribution < -0.4 is 21.1 Å². The van der Waals surface area contributed by atoms with E-state index in [1.165, 1.54) is 19.3 Å². The zero-order valence-corrected chi connectivity index (χ0v) is 21.2. The number of ether oxygens (including phenoxy) is 2. The predicted molar refractivity (Wildman–Crippen MR) is 146 cm³/mol. The standard InChI is InChI=1S/C29H33N3O5/c1-19-12-15-22(16-13-19)31-29(35)37-28(21-14-17-26(36-3)25(33)18-21)20(2)8-4-7-11-27(34)32-24-10-6-5-9-23(24)30/h5-7,9-18,20,28,33H,4,8,30H2,1-3H3,(H,31,35)(H,32,34)/b11-7+/t20-,28+/m0/s1. The zero-order chi connectivity index (χ0) is 26.8. The number of aromatic hydroxyl groups is 1. The number of anilines is 3. The molecule has 0 aliphatic rings. The molecule has 0 unspecified atom stereocenters. The Bertz CT molecular complexity index is 1240. The van der Waals surface area contributed by atoms with Gasteiger partial charge in [0.1, 0.15) is 6.10 Å². The first kappa shape index (κ1) is 27.1. The molecule has 2 amide bonds. The van der Waals surface area contributed by atoms with Gasteiger partial charge in [0.2, 0.25) is 5.91 Å². The van der Waals surface area contributed by atoms with Crippen LogP contribution in [0.15, 0.2) is 78.9 Å². The number of carbonyl (C=O) groups is 2. The summed E-state index contributed by atoms with van der Waals surface area (Å²) in [6.07, 6.45) is 3.16. The second-order valence-corrected chi connectivity index (χ2v) is 8.78. The van der Waals surface area contributed by atoms with Crippen molar-refractivity contribution in [2.75, 3.05) is 23.5 Å². The van der Waals surface area contributed by atoms with Crippen LogP contribution in [0.25, 0.3) is 0 Å². The first-order valence-electron chi connectivity index (χ1n) is 12.0. The Morgan fingerprint density at radius 3 is 2.46 bits per heavy atom. The molecular formula is C29H33N3O5. The molecule has 37 heavy (non-hydrogen) atoms. The summed E-state index contributed by atoms with van der Waals surface area (Å²) in [4.78, 5) is 24.9. The van der Waals surface area contributed by atoms with Crippen LogP contribution in [0.1, 0.15) is 37.0 Å². The molecular weight excluding hydrogens is 470 g/mol. The molecule has 0 bridgehead atoms. The molecule has 0 saturated carbocycles. The topological polar surface area (TPSA) is 123 Å². The molecule has 8 nitrogen and oxygen atoms in total. The number of para-hydroxylation sites is 2. The van der Waals surface area contributed by atoms with Crippen LogP contribution in [-0.2, 0) is 9.53 Å². The van der Waals surface area contributed by atoms with Gasteiger partial charge < -0.3 is 25.6 Å². The van der Waals surface area contributed by atoms with Crippen molar-refractivity contribution in [1.29, 1.82) is 0 Å². The molecule has 194 valence electrons. The maximum Gasteiger partial charge on any atom is 0.412 e. The molecule has 0 heterocycles. The zero-order valence-electron chi connectivity index (χ0n) is 21.2. The van der Waals surface area contributed by atoms with Crippen molar-refractivity contribution in [3.8, 4) is 11.5 Å². The van der Waals surface area contributed by atoms with E-state index in [2.05, 4.69) is 10.6 Å². The highest BCUT2D eigenvalue weighted by molar-refractivity contribution is 6.01. The SMILES string of the molecule is COc1ccc([C@H](OC(=O)Nc2ccc(C)cc2)[C@@H](C)CC/C=C/C(=O)Nc2ccccc2N)cc1O. The summed E-state index contributed by atoms with van der Waals surface area (Å²) in [5, 5.41) is 15.8. The highest BCUT2D eigenvalue weighted by Gasteiger charge is 2.24. The molecule has 2 atom stereocenters. The average molecular weight is 504 g/mol. The van der Waals surface area contributed by atoms with E-state index in [-0.39, 0.29) is 17.6 Å². The molecule has 0 fully saturated rings. The number of nitrogen functional groups attached to an aromatic ring is 1. The third kappa shape index (κ3) is 8.03. The van der Waals surface area contributed by atoms with Crippen molar-refractivity contribution in [2.24, 2.45) is 5.92 Å². The average Bonchev–Trinajstić information content (AvgIpc) is 2.88. The van der Waals surface area contributed by atoms with E-state index in [1.807, 2.05) is 26.0 Å². The third-order valence-electron chi connectivity index (χ3n) is 5.86. The van der Waals surface area contributed by atoms with Gasteiger partial charge in [-0.15, -0.1) is 0 Å². The lowest BCUT2D eigenvalue weighted by Gasteiger charge is -2.25. The van der Waals surface area contributed by atoms with Crippen molar-refractivity contribution in [2.45, 2.75) is 32.8 Å². The summed E-state index contributed by atoms with van der Waals surface area (Å²) in [5.74, 6) is -0.131. The smallest absolute Gasteiger partial charge is 0.412 e. The molecule has 8 heteroatoms. The van der Waals surface area contributed by atoms with Crippen LogP contribution in [0.3, 0.4) is 0 Å². The molecule has 3 rings (SSSR count). The predicted octanol–water partition coefficient (Wildman–Crippen LogP) is 6.19. The number of benzene rings is 3. The third-order valence-corrected chi connectivity index (χ3v) is 5.86. The molecule has 0 aliphatic carbocycles. The fraction of sp³-hybridized carbons (Fsp3) is 0.241. The number of phenolic OH excluding ortho intramolecular Hbond substituents is 1. The summed E-state index contributed by atoms with van der Waals surface area (Å²) in [7, 11) is 1.47. The van der Waals surface area contributed by atoms with Gasteiger partial charge in [0, 0.05) is 5.69 Å². The van der Waals surface area contributed by atoms with Crippen LogP contribution >= 0.6 is 0 Å². The normalized spacial score (nSPS) is 12.5. The Morgan fingerprint density at radius 2 is 1.78 bits per heavy atom. The van der Waals surface area contributed by atoms with Crippen molar-refractivity contribution >= 4 is 29.1 Å². The summed E-state index contributed by atoms with van der Waals surface area (Å²) < 4.78 is 10.9. The molecule has 0 aliphatic heterocycles. The minimum Gasteiger partial charge on any atom is -0.504 e. The summed E-state index contributed by atoms with van der Waals surface area (Å²) in [6.45, 7) is 3.91. The minimum atomic E-state index is -0.645. The Balaban J connectivity index is 1.66. The molecule has 0 spiro atoms. The van der Waals surface area contributed by atoms with Crippen LogP contribution in [0.4, 0.5) is 21.9 Å². The number of phenols is 1. The molecule has 0 radical (unpaired) electrons. The van der Waals surface area contributed by atoms with E-state index in [1.54, 1.807) is 54.6 Å². The Labute approximate surface area is 217 Å². The number of rotatable bonds is 10. The van der Waals surface area contributed by atoms with E-state index in [0.717, 1.165) is 5.56 Å². The Kier molecular flexibility index (Phi) is 9.55. The number of carbonyl (C=O) groups excluding carboxylic acids is 2.